The van der Waals surface area contributed by atoms with E-state index in [1.54, 1.807) is 12.4 Å². The summed E-state index contributed by atoms with van der Waals surface area (Å²) in [5, 5.41) is 2.58. The van der Waals surface area contributed by atoms with Gasteiger partial charge in [0, 0.05) is 12.4 Å². The molecule has 0 saturated carbocycles. The Hall–Kier alpha value is -1.25. The lowest BCUT2D eigenvalue weighted by Crippen LogP contribution is -1.59. The minimum Gasteiger partial charge on any atom is -0.362 e. The van der Waals surface area contributed by atoms with Crippen molar-refractivity contribution in [2.24, 2.45) is 0 Å². The van der Waals surface area contributed by atoms with Crippen LogP contribution in [0.25, 0.3) is 11.5 Å². The Labute approximate surface area is 45.6 Å². The van der Waals surface area contributed by atoms with Gasteiger partial charge in [0.25, 0.3) is 5.89 Å². The van der Waals surface area contributed by atoms with E-state index in [1.807, 2.05) is 6.07 Å². The summed E-state index contributed by atoms with van der Waals surface area (Å²) in [4.78, 5) is 3.88. The average molecular weight is 108 g/mol. The van der Waals surface area contributed by atoms with Crippen LogP contribution in [0, 0.1) is 0 Å². The molecule has 0 atom stereocenters. The van der Waals surface area contributed by atoms with E-state index < -0.39 is 0 Å². The number of H-pyrrole nitrogens is 1. The molecule has 0 aromatic rings. The summed E-state index contributed by atoms with van der Waals surface area (Å²) in [5.74, 6) is 0.671. The van der Waals surface area contributed by atoms with E-state index in [4.69, 9.17) is 4.52 Å². The van der Waals surface area contributed by atoms with Crippen molar-refractivity contribution in [1.29, 1.82) is 0 Å². The molecule has 0 aromatic carbocycles. The van der Waals surface area contributed by atoms with Crippen molar-refractivity contribution in [3.63, 3.8) is 0 Å². The first-order valence-electron chi connectivity index (χ1n) is 2.34. The second kappa shape index (κ2) is 1.12. The zero-order valence-corrected chi connectivity index (χ0v) is 4.09. The third-order valence-electron chi connectivity index (χ3n) is 1.06. The molecule has 0 saturated heterocycles. The van der Waals surface area contributed by atoms with Gasteiger partial charge in [-0.15, -0.1) is 0 Å². The maximum Gasteiger partial charge on any atom is 0.254 e. The van der Waals surface area contributed by atoms with E-state index in [9.17, 15) is 0 Å². The summed E-state index contributed by atoms with van der Waals surface area (Å²) in [7, 11) is 0. The fourth-order valence-electron chi connectivity index (χ4n) is 0.675. The first-order chi connectivity index (χ1) is 3.97. The van der Waals surface area contributed by atoms with Crippen LogP contribution in [0.3, 0.4) is 0 Å². The summed E-state index contributed by atoms with van der Waals surface area (Å²) in [5.41, 5.74) is 1.02. The molecule has 8 heavy (non-hydrogen) atoms. The van der Waals surface area contributed by atoms with Gasteiger partial charge < -0.3 is 4.52 Å². The van der Waals surface area contributed by atoms with Crippen LogP contribution in [0.4, 0.5) is 0 Å². The molecule has 0 spiro atoms. The molecule has 0 aliphatic carbocycles. The molecule has 2 rings (SSSR count). The molecule has 2 aliphatic rings. The van der Waals surface area contributed by atoms with Gasteiger partial charge in [-0.3, -0.25) is 0 Å². The van der Waals surface area contributed by atoms with Crippen LogP contribution in [0.1, 0.15) is 0 Å². The zero-order chi connectivity index (χ0) is 5.40. The van der Waals surface area contributed by atoms with Crippen molar-refractivity contribution in [3.05, 3.63) is 18.5 Å². The van der Waals surface area contributed by atoms with Gasteiger partial charge in [0.05, 0.1) is 5.56 Å². The molecule has 2 heterocycles. The molecule has 3 nitrogen and oxygen atoms in total. The molecule has 2 aliphatic heterocycles. The summed E-state index contributed by atoms with van der Waals surface area (Å²) >= 11 is 0. The van der Waals surface area contributed by atoms with Crippen LogP contribution in [0.15, 0.2) is 23.0 Å². The number of aromatic nitrogens is 2. The quantitative estimate of drug-likeness (QED) is 0.549. The minimum atomic E-state index is 0.671. The SMILES string of the molecule is c1cc2c[nH]oc-2n1. The molecule has 0 unspecified atom stereocenters. The van der Waals surface area contributed by atoms with Gasteiger partial charge in [-0.25, -0.2) is 10.1 Å². The van der Waals surface area contributed by atoms with Gasteiger partial charge in [-0.2, -0.15) is 0 Å². The first-order valence-corrected chi connectivity index (χ1v) is 2.34. The smallest absolute Gasteiger partial charge is 0.254 e. The molecule has 0 aromatic heterocycles. The van der Waals surface area contributed by atoms with Gasteiger partial charge >= 0.3 is 0 Å². The number of rotatable bonds is 0. The van der Waals surface area contributed by atoms with Crippen molar-refractivity contribution < 1.29 is 4.52 Å². The van der Waals surface area contributed by atoms with E-state index >= 15 is 0 Å². The number of hydrogen-bond donors (Lipinski definition) is 1. The zero-order valence-electron chi connectivity index (χ0n) is 4.09. The summed E-state index contributed by atoms with van der Waals surface area (Å²) in [6.07, 6.45) is 3.48. The highest BCUT2D eigenvalue weighted by molar-refractivity contribution is 5.52. The standard InChI is InChI=1S/C5H4N2O/c1-2-6-5-4(1)3-7-8-5/h1-3,7H. The van der Waals surface area contributed by atoms with E-state index in [2.05, 4.69) is 10.1 Å². The van der Waals surface area contributed by atoms with Crippen LogP contribution >= 0.6 is 0 Å². The Morgan fingerprint density at radius 3 is 3.50 bits per heavy atom. The molecular weight excluding hydrogens is 104 g/mol. The van der Waals surface area contributed by atoms with Gasteiger partial charge in [0.15, 0.2) is 0 Å². The van der Waals surface area contributed by atoms with E-state index in [-0.39, 0.29) is 0 Å². The second-order valence-corrected chi connectivity index (χ2v) is 1.57. The van der Waals surface area contributed by atoms with Crippen LogP contribution in [-0.2, 0) is 0 Å². The molecule has 0 bridgehead atoms. The molecule has 3 heteroatoms. The number of nitrogens with zero attached hydrogens (tertiary/aromatic N) is 1. The minimum absolute atomic E-state index is 0.671. The first kappa shape index (κ1) is 3.72. The van der Waals surface area contributed by atoms with E-state index in [0.717, 1.165) is 5.56 Å². The maximum atomic E-state index is 4.82. The van der Waals surface area contributed by atoms with Gasteiger partial charge in [-0.05, 0) is 6.07 Å². The van der Waals surface area contributed by atoms with Crippen molar-refractivity contribution in [2.45, 2.75) is 0 Å². The fourth-order valence-corrected chi connectivity index (χ4v) is 0.675. The topological polar surface area (TPSA) is 41.8 Å². The van der Waals surface area contributed by atoms with Gasteiger partial charge in [0.1, 0.15) is 0 Å². The molecular formula is C5H4N2O. The summed E-state index contributed by atoms with van der Waals surface area (Å²) in [6.45, 7) is 0. The number of aromatic amines is 1. The highest BCUT2D eigenvalue weighted by Crippen LogP contribution is 2.16. The summed E-state index contributed by atoms with van der Waals surface area (Å²) in [6, 6.07) is 1.88. The average Bonchev–Trinajstić information content (AvgIpc) is 2.15. The Morgan fingerprint density at radius 2 is 2.62 bits per heavy atom. The number of hydrogen-bond acceptors (Lipinski definition) is 2. The van der Waals surface area contributed by atoms with Crippen LogP contribution in [0.2, 0.25) is 0 Å². The van der Waals surface area contributed by atoms with Crippen molar-refractivity contribution in [3.8, 4) is 11.5 Å². The number of fused-ring (bicyclic) bond motifs is 1. The third kappa shape index (κ3) is 0.307. The Bertz CT molecular complexity index is 202. The highest BCUT2D eigenvalue weighted by atomic mass is 16.5. The summed E-state index contributed by atoms with van der Waals surface area (Å²) < 4.78 is 4.82. The van der Waals surface area contributed by atoms with E-state index in [1.165, 1.54) is 0 Å². The predicted octanol–water partition coefficient (Wildman–Crippen LogP) is 1.11. The largest absolute Gasteiger partial charge is 0.362 e. The van der Waals surface area contributed by atoms with Gasteiger partial charge in [-0.1, -0.05) is 0 Å². The Balaban J connectivity index is 2.84. The highest BCUT2D eigenvalue weighted by Gasteiger charge is 2.03. The lowest BCUT2D eigenvalue weighted by molar-refractivity contribution is 0.424. The lowest BCUT2D eigenvalue weighted by Gasteiger charge is -1.72. The molecule has 40 valence electrons. The third-order valence-corrected chi connectivity index (χ3v) is 1.06. The molecule has 0 amide bonds. The lowest BCUT2D eigenvalue weighted by atomic mass is 10.4. The van der Waals surface area contributed by atoms with Crippen molar-refractivity contribution >= 4 is 0 Å². The Kier molecular flexibility index (Phi) is 0.521. The molecule has 1 N–H and O–H groups in total. The Morgan fingerprint density at radius 1 is 1.62 bits per heavy atom. The van der Waals surface area contributed by atoms with Crippen LogP contribution in [0.5, 0.6) is 0 Å². The van der Waals surface area contributed by atoms with E-state index in [0.29, 0.717) is 5.89 Å². The molecule has 0 fully saturated rings. The monoisotopic (exact) mass is 108 g/mol. The molecule has 0 radical (unpaired) electrons. The van der Waals surface area contributed by atoms with Crippen LogP contribution < -0.4 is 0 Å². The second-order valence-electron chi connectivity index (χ2n) is 1.57. The maximum absolute atomic E-state index is 4.82. The fraction of sp³-hybridized carbons (Fsp3) is 0. The van der Waals surface area contributed by atoms with Crippen molar-refractivity contribution in [2.75, 3.05) is 0 Å². The van der Waals surface area contributed by atoms with Crippen molar-refractivity contribution in [1.82, 2.24) is 10.1 Å². The normalized spacial score (nSPS) is 10.5. The van der Waals surface area contributed by atoms with Crippen LogP contribution in [-0.4, -0.2) is 10.1 Å². The number of nitrogens with one attached hydrogen (secondary N) is 1. The predicted molar refractivity (Wildman–Crippen MR) is 27.5 cm³/mol. The van der Waals surface area contributed by atoms with Gasteiger partial charge in [0.2, 0.25) is 0 Å².